The van der Waals surface area contributed by atoms with Crippen LogP contribution in [0.15, 0.2) is 18.2 Å². The molecule has 0 saturated carbocycles. The minimum Gasteiger partial charge on any atom is -0.484 e. The minimum absolute atomic E-state index is 0.144. The topological polar surface area (TPSA) is 67.7 Å². The van der Waals surface area contributed by atoms with Crippen molar-refractivity contribution in [2.24, 2.45) is 7.05 Å². The molecule has 0 atom stereocenters. The molecule has 2 fully saturated rings. The number of rotatable bonds is 6. The number of piperidine rings is 2. The Bertz CT molecular complexity index is 1160. The molecule has 7 nitrogen and oxygen atoms in total. The molecule has 36 heavy (non-hydrogen) atoms. The van der Waals surface area contributed by atoms with Crippen molar-refractivity contribution in [2.75, 3.05) is 32.4 Å². The maximum absolute atomic E-state index is 14.8. The highest BCUT2D eigenvalue weighted by atomic mass is 32.2. The van der Waals surface area contributed by atoms with Gasteiger partial charge in [0.1, 0.15) is 6.10 Å². The van der Waals surface area contributed by atoms with Crippen LogP contribution in [-0.2, 0) is 29.8 Å². The Morgan fingerprint density at radius 1 is 1.00 bits per heavy atom. The summed E-state index contributed by atoms with van der Waals surface area (Å²) in [5, 5.41) is 3.52. The third-order valence-corrected chi connectivity index (χ3v) is 8.19. The number of aryl methyl sites for hydroxylation is 1. The van der Waals surface area contributed by atoms with E-state index in [0.717, 1.165) is 12.3 Å². The van der Waals surface area contributed by atoms with E-state index in [4.69, 9.17) is 4.74 Å². The van der Waals surface area contributed by atoms with Gasteiger partial charge in [0.05, 0.1) is 11.9 Å². The van der Waals surface area contributed by atoms with Crippen LogP contribution in [0.4, 0.5) is 22.0 Å². The van der Waals surface area contributed by atoms with E-state index in [1.54, 1.807) is 0 Å². The summed E-state index contributed by atoms with van der Waals surface area (Å²) in [5.41, 5.74) is -0.0277. The van der Waals surface area contributed by atoms with Gasteiger partial charge in [-0.05, 0) is 55.4 Å². The molecular formula is C23H29F5N4O3S. The maximum atomic E-state index is 14.8. The molecule has 0 spiro atoms. The average Bonchev–Trinajstić information content (AvgIpc) is 3.17. The molecule has 0 N–H and O–H groups in total. The second-order valence-corrected chi connectivity index (χ2v) is 11.5. The fraction of sp³-hybridized carbons (Fsp3) is 0.609. The number of likely N-dealkylation sites (tertiary alicyclic amines) is 1. The van der Waals surface area contributed by atoms with Gasteiger partial charge in [0.25, 0.3) is 0 Å². The monoisotopic (exact) mass is 536 g/mol. The lowest BCUT2D eigenvalue weighted by Gasteiger charge is -2.32. The van der Waals surface area contributed by atoms with Crippen LogP contribution in [0, 0.1) is 11.6 Å². The summed E-state index contributed by atoms with van der Waals surface area (Å²) in [4.78, 5) is 1.95. The number of hydrogen-bond acceptors (Lipinski definition) is 5. The predicted molar refractivity (Wildman–Crippen MR) is 122 cm³/mol. The average molecular weight is 537 g/mol. The molecule has 0 amide bonds. The first-order valence-electron chi connectivity index (χ1n) is 11.7. The Hall–Kier alpha value is -2.25. The van der Waals surface area contributed by atoms with Crippen molar-refractivity contribution in [3.63, 3.8) is 0 Å². The van der Waals surface area contributed by atoms with Crippen LogP contribution < -0.4 is 4.74 Å². The fourth-order valence-corrected chi connectivity index (χ4v) is 5.70. The van der Waals surface area contributed by atoms with Crippen LogP contribution in [0.3, 0.4) is 0 Å². The number of ether oxygens (including phenoxy) is 1. The van der Waals surface area contributed by atoms with Crippen molar-refractivity contribution in [1.29, 1.82) is 0 Å². The summed E-state index contributed by atoms with van der Waals surface area (Å²) in [5.74, 6) is -2.18. The van der Waals surface area contributed by atoms with Crippen molar-refractivity contribution in [3.05, 3.63) is 46.8 Å². The van der Waals surface area contributed by atoms with Crippen molar-refractivity contribution >= 4 is 10.0 Å². The van der Waals surface area contributed by atoms with E-state index in [9.17, 15) is 30.4 Å². The molecule has 1 aromatic heterocycles. The van der Waals surface area contributed by atoms with Gasteiger partial charge >= 0.3 is 6.18 Å². The van der Waals surface area contributed by atoms with E-state index in [1.165, 1.54) is 28.2 Å². The van der Waals surface area contributed by atoms with E-state index in [0.29, 0.717) is 63.1 Å². The van der Waals surface area contributed by atoms with Gasteiger partial charge in [-0.25, -0.2) is 21.5 Å². The zero-order valence-electron chi connectivity index (χ0n) is 20.1. The fourth-order valence-electron chi connectivity index (χ4n) is 4.82. The predicted octanol–water partition coefficient (Wildman–Crippen LogP) is 3.90. The molecule has 200 valence electrons. The molecule has 3 heterocycles. The first-order valence-corrected chi connectivity index (χ1v) is 13.6. The molecule has 4 rings (SSSR count). The normalized spacial score (nSPS) is 19.6. The second kappa shape index (κ2) is 10.3. The quantitative estimate of drug-likeness (QED) is 0.524. The van der Waals surface area contributed by atoms with Crippen molar-refractivity contribution < 1.29 is 35.1 Å². The van der Waals surface area contributed by atoms with Crippen molar-refractivity contribution in [1.82, 2.24) is 19.0 Å². The third kappa shape index (κ3) is 6.17. The van der Waals surface area contributed by atoms with Crippen LogP contribution in [-0.4, -0.2) is 65.9 Å². The van der Waals surface area contributed by atoms with Crippen LogP contribution in [0.1, 0.15) is 48.6 Å². The van der Waals surface area contributed by atoms with Gasteiger partial charge in [-0.15, -0.1) is 0 Å². The summed E-state index contributed by atoms with van der Waals surface area (Å²) < 4.78 is 99.9. The van der Waals surface area contributed by atoms with Gasteiger partial charge in [-0.2, -0.15) is 18.3 Å². The second-order valence-electron chi connectivity index (χ2n) is 9.49. The lowest BCUT2D eigenvalue weighted by molar-refractivity contribution is -0.141. The highest BCUT2D eigenvalue weighted by Crippen LogP contribution is 2.34. The van der Waals surface area contributed by atoms with Crippen LogP contribution >= 0.6 is 0 Å². The highest BCUT2D eigenvalue weighted by molar-refractivity contribution is 7.88. The molecule has 2 saturated heterocycles. The molecule has 0 aliphatic carbocycles. The molecule has 2 aliphatic heterocycles. The summed E-state index contributed by atoms with van der Waals surface area (Å²) in [6, 6.07) is 3.55. The Kier molecular flexibility index (Phi) is 7.63. The van der Waals surface area contributed by atoms with Gasteiger partial charge in [-0.3, -0.25) is 9.58 Å². The van der Waals surface area contributed by atoms with Gasteiger partial charge in [0.2, 0.25) is 10.0 Å². The van der Waals surface area contributed by atoms with E-state index >= 15 is 0 Å². The van der Waals surface area contributed by atoms with Crippen LogP contribution in [0.25, 0.3) is 0 Å². The van der Waals surface area contributed by atoms with E-state index in [-0.39, 0.29) is 12.5 Å². The smallest absolute Gasteiger partial charge is 0.435 e. The molecular weight excluding hydrogens is 507 g/mol. The first kappa shape index (κ1) is 26.8. The molecule has 0 bridgehead atoms. The van der Waals surface area contributed by atoms with Crippen molar-refractivity contribution in [3.8, 4) is 5.75 Å². The summed E-state index contributed by atoms with van der Waals surface area (Å²) in [6.07, 6.45) is -1.90. The SMILES string of the molecule is Cn1nc(C(F)(F)F)cc1CN1CCC(Oc2c(F)cc(C3CCN(S(C)(=O)=O)CC3)cc2F)CC1. The zero-order valence-corrected chi connectivity index (χ0v) is 20.9. The van der Waals surface area contributed by atoms with Gasteiger partial charge in [-0.1, -0.05) is 0 Å². The molecule has 1 aromatic carbocycles. The summed E-state index contributed by atoms with van der Waals surface area (Å²) in [6.45, 7) is 1.89. The standard InChI is InChI=1S/C23H29F5N4O3S/c1-30-17(13-21(29-30)23(26,27)28)14-31-7-5-18(6-8-31)35-22-19(24)11-16(12-20(22)25)15-3-9-32(10-4-15)36(2,33)34/h11-13,15,18H,3-10,14H2,1-2H3. The first-order chi connectivity index (χ1) is 16.8. The van der Waals surface area contributed by atoms with Crippen molar-refractivity contribution in [2.45, 2.75) is 50.4 Å². The number of benzene rings is 1. The number of hydrogen-bond donors (Lipinski definition) is 0. The van der Waals surface area contributed by atoms with E-state index in [2.05, 4.69) is 5.10 Å². The molecule has 0 radical (unpaired) electrons. The minimum atomic E-state index is -4.51. The highest BCUT2D eigenvalue weighted by Gasteiger charge is 2.35. The number of alkyl halides is 3. The Morgan fingerprint density at radius 3 is 2.08 bits per heavy atom. The zero-order chi connectivity index (χ0) is 26.3. The molecule has 2 aromatic rings. The number of aromatic nitrogens is 2. The lowest BCUT2D eigenvalue weighted by atomic mass is 9.90. The van der Waals surface area contributed by atoms with Gasteiger partial charge in [0.15, 0.2) is 23.1 Å². The van der Waals surface area contributed by atoms with Crippen LogP contribution in [0.2, 0.25) is 0 Å². The lowest BCUT2D eigenvalue weighted by Crippen LogP contribution is -2.38. The Morgan fingerprint density at radius 2 is 1.58 bits per heavy atom. The number of halogens is 5. The third-order valence-electron chi connectivity index (χ3n) is 6.89. The summed E-state index contributed by atoms with van der Waals surface area (Å²) in [7, 11) is -1.82. The molecule has 13 heteroatoms. The largest absolute Gasteiger partial charge is 0.484 e. The Balaban J connectivity index is 1.33. The van der Waals surface area contributed by atoms with Gasteiger partial charge in [0, 0.05) is 39.8 Å². The Labute approximate surface area is 206 Å². The number of sulfonamides is 1. The molecule has 0 unspecified atom stereocenters. The van der Waals surface area contributed by atoms with Crippen LogP contribution in [0.5, 0.6) is 5.75 Å². The van der Waals surface area contributed by atoms with E-state index in [1.807, 2.05) is 4.90 Å². The summed E-state index contributed by atoms with van der Waals surface area (Å²) >= 11 is 0. The van der Waals surface area contributed by atoms with E-state index < -0.39 is 45.4 Å². The molecule has 2 aliphatic rings. The maximum Gasteiger partial charge on any atom is 0.435 e. The van der Waals surface area contributed by atoms with Gasteiger partial charge < -0.3 is 4.74 Å². The number of nitrogens with zero attached hydrogens (tertiary/aromatic N) is 4.